The second kappa shape index (κ2) is 5.65. The molecule has 1 atom stereocenters. The smallest absolute Gasteiger partial charge is 0.314 e. The Morgan fingerprint density at radius 2 is 2.21 bits per heavy atom. The van der Waals surface area contributed by atoms with Crippen LogP contribution in [0.3, 0.4) is 0 Å². The molecule has 0 radical (unpaired) electrons. The van der Waals surface area contributed by atoms with E-state index in [9.17, 15) is 14.9 Å². The van der Waals surface area contributed by atoms with Crippen LogP contribution in [-0.4, -0.2) is 10.9 Å². The van der Waals surface area contributed by atoms with Crippen LogP contribution in [0.15, 0.2) is 30.4 Å². The Labute approximate surface area is 111 Å². The van der Waals surface area contributed by atoms with Crippen molar-refractivity contribution in [2.24, 2.45) is 5.92 Å². The maximum atomic E-state index is 11.9. The summed E-state index contributed by atoms with van der Waals surface area (Å²) in [4.78, 5) is 22.1. The first-order valence-corrected chi connectivity index (χ1v) is 6.19. The Morgan fingerprint density at radius 1 is 1.42 bits per heavy atom. The lowest BCUT2D eigenvalue weighted by molar-refractivity contribution is -0.385. The molecule has 100 valence electrons. The zero-order valence-corrected chi connectivity index (χ0v) is 10.7. The van der Waals surface area contributed by atoms with Gasteiger partial charge in [0.2, 0.25) is 0 Å². The van der Waals surface area contributed by atoms with E-state index in [0.29, 0.717) is 17.7 Å². The number of nitro groups is 1. The molecule has 0 bridgehead atoms. The number of benzene rings is 1. The number of allylic oxidation sites excluding steroid dienone is 2. The molecular formula is C14H15NO4. The molecule has 1 unspecified atom stereocenters. The van der Waals surface area contributed by atoms with Gasteiger partial charge in [-0.05, 0) is 38.3 Å². The highest BCUT2D eigenvalue weighted by atomic mass is 16.6. The molecule has 0 aliphatic heterocycles. The second-order valence-electron chi connectivity index (χ2n) is 4.61. The van der Waals surface area contributed by atoms with Crippen molar-refractivity contribution in [3.05, 3.63) is 46.0 Å². The summed E-state index contributed by atoms with van der Waals surface area (Å²) in [5.74, 6) is -0.0132. The van der Waals surface area contributed by atoms with Gasteiger partial charge >= 0.3 is 5.97 Å². The van der Waals surface area contributed by atoms with E-state index in [2.05, 4.69) is 6.08 Å². The fraction of sp³-hybridized carbons (Fsp3) is 0.357. The van der Waals surface area contributed by atoms with Gasteiger partial charge in [0.25, 0.3) is 5.69 Å². The van der Waals surface area contributed by atoms with Gasteiger partial charge < -0.3 is 4.74 Å². The highest BCUT2D eigenvalue weighted by Gasteiger charge is 2.21. The minimum Gasteiger partial charge on any atom is -0.426 e. The predicted molar refractivity (Wildman–Crippen MR) is 69.9 cm³/mol. The molecule has 19 heavy (non-hydrogen) atoms. The third-order valence-corrected chi connectivity index (χ3v) is 3.19. The Balaban J connectivity index is 2.07. The summed E-state index contributed by atoms with van der Waals surface area (Å²) in [5.41, 5.74) is 0.513. The molecule has 5 heteroatoms. The maximum Gasteiger partial charge on any atom is 0.314 e. The number of hydrogen-bond donors (Lipinski definition) is 0. The standard InChI is InChI=1S/C14H15NO4/c1-10-9-12(7-8-13(10)15(17)18)19-14(16)11-5-3-2-4-6-11/h2-3,7-9,11H,4-6H2,1H3. The van der Waals surface area contributed by atoms with Crippen LogP contribution in [0.25, 0.3) is 0 Å². The molecule has 0 amide bonds. The molecule has 0 saturated heterocycles. The minimum absolute atomic E-state index is 0.0281. The van der Waals surface area contributed by atoms with Crippen LogP contribution in [-0.2, 0) is 4.79 Å². The predicted octanol–water partition coefficient (Wildman–Crippen LogP) is 3.16. The monoisotopic (exact) mass is 261 g/mol. The van der Waals surface area contributed by atoms with Gasteiger partial charge in [-0.25, -0.2) is 0 Å². The Hall–Kier alpha value is -2.17. The van der Waals surface area contributed by atoms with E-state index in [1.54, 1.807) is 6.92 Å². The van der Waals surface area contributed by atoms with Crippen molar-refractivity contribution in [2.75, 3.05) is 0 Å². The Morgan fingerprint density at radius 3 is 2.79 bits per heavy atom. The molecule has 0 aromatic heterocycles. The molecule has 0 spiro atoms. The van der Waals surface area contributed by atoms with Crippen molar-refractivity contribution in [1.82, 2.24) is 0 Å². The zero-order valence-electron chi connectivity index (χ0n) is 10.7. The topological polar surface area (TPSA) is 69.4 Å². The van der Waals surface area contributed by atoms with Crippen molar-refractivity contribution in [3.63, 3.8) is 0 Å². The number of nitrogens with zero attached hydrogens (tertiary/aromatic N) is 1. The van der Waals surface area contributed by atoms with Crippen LogP contribution in [0.2, 0.25) is 0 Å². The first kappa shape index (κ1) is 13.3. The Kier molecular flexibility index (Phi) is 3.94. The van der Waals surface area contributed by atoms with Crippen LogP contribution in [0.1, 0.15) is 24.8 Å². The first-order valence-electron chi connectivity index (χ1n) is 6.19. The van der Waals surface area contributed by atoms with Crippen molar-refractivity contribution < 1.29 is 14.5 Å². The Bertz CT molecular complexity index is 536. The summed E-state index contributed by atoms with van der Waals surface area (Å²) in [7, 11) is 0. The van der Waals surface area contributed by atoms with Gasteiger partial charge in [-0.3, -0.25) is 14.9 Å². The number of esters is 1. The second-order valence-corrected chi connectivity index (χ2v) is 4.61. The average molecular weight is 261 g/mol. The van der Waals surface area contributed by atoms with E-state index in [-0.39, 0.29) is 17.6 Å². The van der Waals surface area contributed by atoms with Crippen LogP contribution >= 0.6 is 0 Å². The number of rotatable bonds is 3. The SMILES string of the molecule is Cc1cc(OC(=O)C2CC=CCC2)ccc1[N+](=O)[O-]. The van der Waals surface area contributed by atoms with E-state index in [4.69, 9.17) is 4.74 Å². The fourth-order valence-corrected chi connectivity index (χ4v) is 2.10. The lowest BCUT2D eigenvalue weighted by atomic mass is 9.95. The summed E-state index contributed by atoms with van der Waals surface area (Å²) >= 11 is 0. The van der Waals surface area contributed by atoms with Crippen LogP contribution in [0, 0.1) is 23.0 Å². The molecule has 5 nitrogen and oxygen atoms in total. The summed E-state index contributed by atoms with van der Waals surface area (Å²) in [6, 6.07) is 4.34. The molecule has 1 aromatic carbocycles. The van der Waals surface area contributed by atoms with Crippen molar-refractivity contribution in [1.29, 1.82) is 0 Å². The molecule has 2 rings (SSSR count). The molecule has 0 fully saturated rings. The third-order valence-electron chi connectivity index (χ3n) is 3.19. The van der Waals surface area contributed by atoms with E-state index in [0.717, 1.165) is 12.8 Å². The van der Waals surface area contributed by atoms with Gasteiger partial charge in [0.1, 0.15) is 5.75 Å². The summed E-state index contributed by atoms with van der Waals surface area (Å²) < 4.78 is 5.27. The molecule has 0 N–H and O–H groups in total. The number of carbonyl (C=O) groups excluding carboxylic acids is 1. The van der Waals surface area contributed by atoms with Crippen molar-refractivity contribution in [2.45, 2.75) is 26.2 Å². The third kappa shape index (κ3) is 3.19. The largest absolute Gasteiger partial charge is 0.426 e. The number of hydrogen-bond acceptors (Lipinski definition) is 4. The lowest BCUT2D eigenvalue weighted by Crippen LogP contribution is -2.21. The highest BCUT2D eigenvalue weighted by Crippen LogP contribution is 2.25. The van der Waals surface area contributed by atoms with Crippen molar-refractivity contribution >= 4 is 11.7 Å². The van der Waals surface area contributed by atoms with Gasteiger partial charge in [0, 0.05) is 11.6 Å². The van der Waals surface area contributed by atoms with Crippen LogP contribution < -0.4 is 4.74 Å². The quantitative estimate of drug-likeness (QED) is 0.275. The average Bonchev–Trinajstić information content (AvgIpc) is 2.39. The van der Waals surface area contributed by atoms with E-state index in [1.165, 1.54) is 18.2 Å². The molecule has 1 aliphatic rings. The van der Waals surface area contributed by atoms with Gasteiger partial charge in [-0.2, -0.15) is 0 Å². The first-order chi connectivity index (χ1) is 9.08. The number of nitro benzene ring substituents is 1. The summed E-state index contributed by atoms with van der Waals surface area (Å²) in [5, 5.41) is 10.7. The number of ether oxygens (including phenoxy) is 1. The summed E-state index contributed by atoms with van der Waals surface area (Å²) in [6.45, 7) is 1.62. The van der Waals surface area contributed by atoms with Gasteiger partial charge in [-0.15, -0.1) is 0 Å². The summed E-state index contributed by atoms with van der Waals surface area (Å²) in [6.07, 6.45) is 6.42. The van der Waals surface area contributed by atoms with Gasteiger partial charge in [0.15, 0.2) is 0 Å². The fourth-order valence-electron chi connectivity index (χ4n) is 2.10. The van der Waals surface area contributed by atoms with E-state index >= 15 is 0 Å². The molecule has 1 aromatic rings. The van der Waals surface area contributed by atoms with E-state index in [1.807, 2.05) is 6.08 Å². The maximum absolute atomic E-state index is 11.9. The highest BCUT2D eigenvalue weighted by molar-refractivity contribution is 5.75. The lowest BCUT2D eigenvalue weighted by Gasteiger charge is -2.16. The van der Waals surface area contributed by atoms with Crippen LogP contribution in [0.4, 0.5) is 5.69 Å². The number of aryl methyl sites for hydroxylation is 1. The van der Waals surface area contributed by atoms with Crippen LogP contribution in [0.5, 0.6) is 5.75 Å². The zero-order chi connectivity index (χ0) is 13.8. The normalized spacial score (nSPS) is 18.1. The van der Waals surface area contributed by atoms with E-state index < -0.39 is 4.92 Å². The molecule has 1 aliphatic carbocycles. The van der Waals surface area contributed by atoms with Gasteiger partial charge in [0.05, 0.1) is 10.8 Å². The van der Waals surface area contributed by atoms with Gasteiger partial charge in [-0.1, -0.05) is 12.2 Å². The molecule has 0 saturated carbocycles. The minimum atomic E-state index is -0.452. The number of carbonyl (C=O) groups is 1. The molecular weight excluding hydrogens is 246 g/mol. The van der Waals surface area contributed by atoms with Crippen molar-refractivity contribution in [3.8, 4) is 5.75 Å². The molecule has 0 heterocycles.